The first-order chi connectivity index (χ1) is 21.9. The lowest BCUT2D eigenvalue weighted by Gasteiger charge is -2.09. The van der Waals surface area contributed by atoms with E-state index in [0.717, 1.165) is 5.33 Å². The third-order valence-corrected chi connectivity index (χ3v) is 5.85. The third kappa shape index (κ3) is 16.7. The van der Waals surface area contributed by atoms with Gasteiger partial charge in [-0.25, -0.2) is 14.4 Å². The number of carboxylic acids is 2. The largest absolute Gasteiger partial charge is 0.507 e. The van der Waals surface area contributed by atoms with Crippen molar-refractivity contribution in [1.29, 1.82) is 0 Å². The van der Waals surface area contributed by atoms with Gasteiger partial charge in [0.1, 0.15) is 53.8 Å². The first-order valence-electron chi connectivity index (χ1n) is 12.8. The van der Waals surface area contributed by atoms with Crippen LogP contribution in [0.4, 0.5) is 0 Å². The van der Waals surface area contributed by atoms with Crippen molar-refractivity contribution in [3.8, 4) is 17.2 Å². The van der Waals surface area contributed by atoms with Gasteiger partial charge < -0.3 is 29.5 Å². The van der Waals surface area contributed by atoms with E-state index in [9.17, 15) is 14.4 Å². The predicted octanol–water partition coefficient (Wildman–Crippen LogP) is 9.16. The molecule has 0 unspecified atom stereocenters. The molecule has 9 nitrogen and oxygen atoms in total. The van der Waals surface area contributed by atoms with Gasteiger partial charge in [-0.15, -0.1) is 6.58 Å². The smallest absolute Gasteiger partial charge is 0.342 e. The average Bonchev–Trinajstić information content (AvgIpc) is 3.02. The molecule has 0 aliphatic heterocycles. The molecule has 0 saturated heterocycles. The van der Waals surface area contributed by atoms with Gasteiger partial charge in [0.05, 0.1) is 0 Å². The van der Waals surface area contributed by atoms with Gasteiger partial charge in [-0.05, 0) is 54.6 Å². The van der Waals surface area contributed by atoms with Crippen LogP contribution in [0.2, 0.25) is 15.1 Å². The zero-order valence-corrected chi connectivity index (χ0v) is 28.3. The van der Waals surface area contributed by atoms with Gasteiger partial charge in [-0.1, -0.05) is 94.8 Å². The summed E-state index contributed by atoms with van der Waals surface area (Å²) in [6, 6.07) is 13.0. The Balaban J connectivity index is 0.000000634. The van der Waals surface area contributed by atoms with Crippen molar-refractivity contribution in [3.63, 3.8) is 0 Å². The Morgan fingerprint density at radius 3 is 1.43 bits per heavy atom. The number of halogens is 4. The van der Waals surface area contributed by atoms with Crippen molar-refractivity contribution >= 4 is 68.6 Å². The summed E-state index contributed by atoms with van der Waals surface area (Å²) in [6.45, 7) is 14.6. The summed E-state index contributed by atoms with van der Waals surface area (Å²) in [5, 5.41) is 28.4. The van der Waals surface area contributed by atoms with Crippen LogP contribution in [0, 0.1) is 0 Å². The van der Waals surface area contributed by atoms with Crippen molar-refractivity contribution in [2.24, 2.45) is 0 Å². The maximum absolute atomic E-state index is 11.7. The molecule has 0 fully saturated rings. The molecule has 0 bridgehead atoms. The van der Waals surface area contributed by atoms with E-state index in [0.29, 0.717) is 33.0 Å². The van der Waals surface area contributed by atoms with Gasteiger partial charge in [-0.2, -0.15) is 0 Å². The first-order valence-corrected chi connectivity index (χ1v) is 15.1. The van der Waals surface area contributed by atoms with E-state index in [4.69, 9.17) is 64.3 Å². The lowest BCUT2D eigenvalue weighted by atomic mass is 10.2. The van der Waals surface area contributed by atoms with Gasteiger partial charge >= 0.3 is 17.9 Å². The van der Waals surface area contributed by atoms with Crippen LogP contribution in [0.25, 0.3) is 0 Å². The number of esters is 1. The quantitative estimate of drug-likeness (QED) is 0.0937. The highest BCUT2D eigenvalue weighted by Crippen LogP contribution is 2.25. The van der Waals surface area contributed by atoms with E-state index in [2.05, 4.69) is 42.2 Å². The van der Waals surface area contributed by atoms with Crippen LogP contribution in [0.3, 0.4) is 0 Å². The zero-order chi connectivity index (χ0) is 35.1. The number of hydrogen-bond acceptors (Lipinski definition) is 7. The van der Waals surface area contributed by atoms with Gasteiger partial charge in [0.25, 0.3) is 0 Å². The minimum absolute atomic E-state index is 0.0938. The number of carboxylic acid groups (broad SMARTS) is 2. The molecule has 3 aromatic carbocycles. The molecule has 0 spiro atoms. The Labute approximate surface area is 290 Å². The second-order valence-electron chi connectivity index (χ2n) is 8.08. The molecule has 0 atom stereocenters. The Morgan fingerprint density at radius 2 is 1.04 bits per heavy atom. The number of aromatic hydroxyl groups is 1. The molecule has 0 aromatic heterocycles. The monoisotopic (exact) mass is 756 g/mol. The van der Waals surface area contributed by atoms with Crippen LogP contribution >= 0.6 is 50.7 Å². The highest BCUT2D eigenvalue weighted by Gasteiger charge is 2.14. The molecular weight excluding hydrogens is 727 g/mol. The fourth-order valence-corrected chi connectivity index (χ4v) is 3.26. The average molecular weight is 759 g/mol. The van der Waals surface area contributed by atoms with E-state index >= 15 is 0 Å². The molecule has 0 aliphatic carbocycles. The minimum Gasteiger partial charge on any atom is -0.507 e. The third-order valence-electron chi connectivity index (χ3n) is 4.68. The van der Waals surface area contributed by atoms with Crippen LogP contribution in [0.15, 0.2) is 105 Å². The van der Waals surface area contributed by atoms with E-state index in [1.54, 1.807) is 30.4 Å². The number of ether oxygens (including phenoxy) is 3. The molecule has 0 saturated carbocycles. The van der Waals surface area contributed by atoms with Gasteiger partial charge in [0.15, 0.2) is 0 Å². The molecule has 0 amide bonds. The van der Waals surface area contributed by atoms with Gasteiger partial charge in [0, 0.05) is 20.4 Å². The van der Waals surface area contributed by atoms with Crippen molar-refractivity contribution in [1.82, 2.24) is 0 Å². The predicted molar refractivity (Wildman–Crippen MR) is 186 cm³/mol. The van der Waals surface area contributed by atoms with Crippen molar-refractivity contribution in [3.05, 3.63) is 137 Å². The van der Waals surface area contributed by atoms with E-state index < -0.39 is 17.9 Å². The number of carbonyl (C=O) groups excluding carboxylic acids is 1. The number of benzene rings is 3. The van der Waals surface area contributed by atoms with Crippen molar-refractivity contribution in [2.45, 2.75) is 0 Å². The lowest BCUT2D eigenvalue weighted by molar-refractivity contribution is 0.0544. The number of carbonyl (C=O) groups is 3. The normalized spacial score (nSPS) is 9.22. The molecule has 13 heteroatoms. The molecular formula is C33H32BrCl3O9. The van der Waals surface area contributed by atoms with Crippen LogP contribution in [-0.4, -0.2) is 58.4 Å². The molecule has 3 aromatic rings. The molecule has 0 aliphatic rings. The fourth-order valence-electron chi connectivity index (χ4n) is 2.77. The standard InChI is InChI=1S/C13H13ClO3.C10H9ClO3.C7H5ClO3.C3H5Br/c1-3-7-16-12-9-10(14)5-6-11(12)13(15)17-8-4-2;1-2-5-14-9-6-7(11)3-4-8(9)10(12)13;8-4-1-2-5(7(10)11)6(9)3-4;1-2-3-4/h3-6,9H,1-2,7-8H2;2-4,6H,1,5H2,(H,12,13);1-3,9H,(H,10,11);2H,1,3H2. The lowest BCUT2D eigenvalue weighted by Crippen LogP contribution is -2.08. The van der Waals surface area contributed by atoms with Gasteiger partial charge in [0.2, 0.25) is 0 Å². The molecule has 3 rings (SSSR count). The second kappa shape index (κ2) is 24.1. The van der Waals surface area contributed by atoms with Crippen LogP contribution < -0.4 is 9.47 Å². The summed E-state index contributed by atoms with van der Waals surface area (Å²) in [5.74, 6) is -2.36. The Hall–Kier alpha value is -4.22. The summed E-state index contributed by atoms with van der Waals surface area (Å²) in [7, 11) is 0. The first kappa shape index (κ1) is 41.8. The maximum Gasteiger partial charge on any atom is 0.342 e. The summed E-state index contributed by atoms with van der Waals surface area (Å²) < 4.78 is 15.4. The Kier molecular flexibility index (Phi) is 21.9. The Morgan fingerprint density at radius 1 is 0.652 bits per heavy atom. The highest BCUT2D eigenvalue weighted by atomic mass is 79.9. The molecule has 0 radical (unpaired) electrons. The van der Waals surface area contributed by atoms with E-state index in [1.807, 2.05) is 0 Å². The number of rotatable bonds is 12. The zero-order valence-electron chi connectivity index (χ0n) is 24.5. The Bertz CT molecular complexity index is 1490. The van der Waals surface area contributed by atoms with Crippen molar-refractivity contribution < 1.29 is 43.9 Å². The topological polar surface area (TPSA) is 140 Å². The number of aromatic carboxylic acids is 2. The molecule has 46 heavy (non-hydrogen) atoms. The minimum atomic E-state index is -1.17. The summed E-state index contributed by atoms with van der Waals surface area (Å²) in [6.07, 6.45) is 6.41. The van der Waals surface area contributed by atoms with E-state index in [-0.39, 0.29) is 35.8 Å². The summed E-state index contributed by atoms with van der Waals surface area (Å²) >= 11 is 20.1. The number of hydrogen-bond donors (Lipinski definition) is 3. The highest BCUT2D eigenvalue weighted by molar-refractivity contribution is 9.09. The van der Waals surface area contributed by atoms with Crippen LogP contribution in [0.1, 0.15) is 31.1 Å². The molecule has 246 valence electrons. The van der Waals surface area contributed by atoms with Crippen molar-refractivity contribution in [2.75, 3.05) is 25.2 Å². The number of alkyl halides is 1. The van der Waals surface area contributed by atoms with Crippen LogP contribution in [-0.2, 0) is 4.74 Å². The fraction of sp³-hybridized carbons (Fsp3) is 0.121. The molecule has 0 heterocycles. The van der Waals surface area contributed by atoms with E-state index in [1.165, 1.54) is 48.6 Å². The summed E-state index contributed by atoms with van der Waals surface area (Å²) in [5.41, 5.74) is 0.281. The molecule has 3 N–H and O–H groups in total. The maximum atomic E-state index is 11.7. The van der Waals surface area contributed by atoms with Crippen LogP contribution in [0.5, 0.6) is 17.2 Å². The second-order valence-corrected chi connectivity index (χ2v) is 10.0. The number of phenols is 1. The SMILES string of the molecule is C=CCBr.C=CCOC(=O)c1ccc(Cl)cc1OCC=C.C=CCOc1cc(Cl)ccc1C(=O)O.O=C(O)c1ccc(Cl)cc1O. The summed E-state index contributed by atoms with van der Waals surface area (Å²) in [4.78, 5) is 32.8. The van der Waals surface area contributed by atoms with Gasteiger partial charge in [-0.3, -0.25) is 0 Å². The number of allylic oxidation sites excluding steroid dienone is 1.